The minimum atomic E-state index is -0.429. The Morgan fingerprint density at radius 1 is 1.11 bits per heavy atom. The molecule has 0 aliphatic heterocycles. The molecule has 19 heavy (non-hydrogen) atoms. The van der Waals surface area contributed by atoms with Crippen LogP contribution in [-0.2, 0) is 12.8 Å². The number of aryl methyl sites for hydroxylation is 1. The molecule has 0 aliphatic carbocycles. The maximum Gasteiger partial charge on any atom is 0.129 e. The van der Waals surface area contributed by atoms with E-state index in [-0.39, 0.29) is 5.82 Å². The first kappa shape index (κ1) is 14.0. The van der Waals surface area contributed by atoms with Gasteiger partial charge in [-0.2, -0.15) is 0 Å². The Labute approximate surface area is 118 Å². The molecule has 2 aromatic carbocycles. The number of nitrogens with two attached hydrogens (primary N) is 1. The summed E-state index contributed by atoms with van der Waals surface area (Å²) in [6.45, 7) is 2.11. The summed E-state index contributed by atoms with van der Waals surface area (Å²) in [6.07, 6.45) is 1.58. The average Bonchev–Trinajstić information content (AvgIpc) is 2.39. The molecule has 0 fully saturated rings. The number of benzene rings is 2. The maximum atomic E-state index is 13.8. The van der Waals surface area contributed by atoms with Crippen molar-refractivity contribution in [2.45, 2.75) is 25.8 Å². The zero-order chi connectivity index (χ0) is 13.8. The summed E-state index contributed by atoms with van der Waals surface area (Å²) in [5.41, 5.74) is 8.83. The molecule has 0 bridgehead atoms. The van der Waals surface area contributed by atoms with Crippen molar-refractivity contribution in [1.82, 2.24) is 0 Å². The van der Waals surface area contributed by atoms with Gasteiger partial charge in [0.2, 0.25) is 0 Å². The standard InChI is InChI=1S/C16H17ClFN/c1-2-11-6-8-12(9-7-11)10-15(19)16-13(17)4-3-5-14(16)18/h3-9,15H,2,10,19H2,1H3. The zero-order valence-electron chi connectivity index (χ0n) is 10.9. The SMILES string of the molecule is CCc1ccc(CC(N)c2c(F)cccc2Cl)cc1. The van der Waals surface area contributed by atoms with Crippen LogP contribution in [-0.4, -0.2) is 0 Å². The van der Waals surface area contributed by atoms with Gasteiger partial charge in [0.05, 0.1) is 0 Å². The molecule has 1 unspecified atom stereocenters. The van der Waals surface area contributed by atoms with Crippen LogP contribution in [0.15, 0.2) is 42.5 Å². The zero-order valence-corrected chi connectivity index (χ0v) is 11.6. The van der Waals surface area contributed by atoms with E-state index in [2.05, 4.69) is 19.1 Å². The quantitative estimate of drug-likeness (QED) is 0.887. The molecule has 0 heterocycles. The van der Waals surface area contributed by atoms with E-state index >= 15 is 0 Å². The largest absolute Gasteiger partial charge is 0.324 e. The minimum Gasteiger partial charge on any atom is -0.324 e. The van der Waals surface area contributed by atoms with E-state index in [0.717, 1.165) is 12.0 Å². The molecule has 100 valence electrons. The fourth-order valence-corrected chi connectivity index (χ4v) is 2.44. The van der Waals surface area contributed by atoms with E-state index in [0.29, 0.717) is 17.0 Å². The molecule has 1 atom stereocenters. The van der Waals surface area contributed by atoms with Crippen molar-refractivity contribution >= 4 is 11.6 Å². The van der Waals surface area contributed by atoms with E-state index in [4.69, 9.17) is 17.3 Å². The molecule has 2 N–H and O–H groups in total. The summed E-state index contributed by atoms with van der Waals surface area (Å²) < 4.78 is 13.8. The molecular formula is C16H17ClFN. The van der Waals surface area contributed by atoms with Gasteiger partial charge in [-0.1, -0.05) is 48.9 Å². The number of halogens is 2. The van der Waals surface area contributed by atoms with Gasteiger partial charge in [0, 0.05) is 16.6 Å². The normalized spacial score (nSPS) is 12.4. The molecule has 0 aromatic heterocycles. The van der Waals surface area contributed by atoms with E-state index in [1.54, 1.807) is 12.1 Å². The highest BCUT2D eigenvalue weighted by molar-refractivity contribution is 6.31. The Hall–Kier alpha value is -1.38. The molecule has 0 saturated carbocycles. The molecule has 0 aliphatic rings. The lowest BCUT2D eigenvalue weighted by Gasteiger charge is -2.15. The second kappa shape index (κ2) is 6.18. The van der Waals surface area contributed by atoms with Crippen molar-refractivity contribution in [3.63, 3.8) is 0 Å². The fourth-order valence-electron chi connectivity index (χ4n) is 2.13. The van der Waals surface area contributed by atoms with Gasteiger partial charge in [0.1, 0.15) is 5.82 Å². The third-order valence-corrected chi connectivity index (χ3v) is 3.59. The maximum absolute atomic E-state index is 13.8. The van der Waals surface area contributed by atoms with Crippen LogP contribution in [0.1, 0.15) is 29.7 Å². The van der Waals surface area contributed by atoms with Crippen LogP contribution in [0.3, 0.4) is 0 Å². The molecule has 0 spiro atoms. The van der Waals surface area contributed by atoms with Crippen molar-refractivity contribution in [3.8, 4) is 0 Å². The second-order valence-corrected chi connectivity index (χ2v) is 5.02. The van der Waals surface area contributed by atoms with E-state index in [1.165, 1.54) is 11.6 Å². The molecule has 0 amide bonds. The predicted octanol–water partition coefficient (Wildman–Crippen LogP) is 4.28. The van der Waals surface area contributed by atoms with Crippen LogP contribution in [0, 0.1) is 5.82 Å². The molecule has 0 radical (unpaired) electrons. The first-order valence-corrected chi connectivity index (χ1v) is 6.77. The van der Waals surface area contributed by atoms with E-state index in [1.807, 2.05) is 12.1 Å². The van der Waals surface area contributed by atoms with Gasteiger partial charge in [0.15, 0.2) is 0 Å². The Balaban J connectivity index is 2.18. The summed E-state index contributed by atoms with van der Waals surface area (Å²) in [5.74, 6) is -0.342. The summed E-state index contributed by atoms with van der Waals surface area (Å²) >= 11 is 6.02. The third kappa shape index (κ3) is 3.34. The lowest BCUT2D eigenvalue weighted by atomic mass is 9.98. The second-order valence-electron chi connectivity index (χ2n) is 4.62. The van der Waals surface area contributed by atoms with Crippen molar-refractivity contribution < 1.29 is 4.39 Å². The van der Waals surface area contributed by atoms with Crippen molar-refractivity contribution in [2.24, 2.45) is 5.73 Å². The van der Waals surface area contributed by atoms with Gasteiger partial charge < -0.3 is 5.73 Å². The Morgan fingerprint density at radius 2 is 1.74 bits per heavy atom. The van der Waals surface area contributed by atoms with Crippen molar-refractivity contribution in [3.05, 3.63) is 70.0 Å². The van der Waals surface area contributed by atoms with Gasteiger partial charge in [-0.25, -0.2) is 4.39 Å². The summed E-state index contributed by atoms with van der Waals surface area (Å²) in [4.78, 5) is 0. The minimum absolute atomic E-state index is 0.342. The molecule has 2 aromatic rings. The highest BCUT2D eigenvalue weighted by Crippen LogP contribution is 2.26. The van der Waals surface area contributed by atoms with Gasteiger partial charge in [0.25, 0.3) is 0 Å². The monoisotopic (exact) mass is 277 g/mol. The first-order chi connectivity index (χ1) is 9.11. The summed E-state index contributed by atoms with van der Waals surface area (Å²) in [5, 5.41) is 0.387. The van der Waals surface area contributed by atoms with E-state index in [9.17, 15) is 4.39 Å². The molecule has 1 nitrogen and oxygen atoms in total. The predicted molar refractivity (Wildman–Crippen MR) is 77.9 cm³/mol. The van der Waals surface area contributed by atoms with Gasteiger partial charge >= 0.3 is 0 Å². The molecular weight excluding hydrogens is 261 g/mol. The average molecular weight is 278 g/mol. The van der Waals surface area contributed by atoms with Crippen LogP contribution in [0.5, 0.6) is 0 Å². The van der Waals surface area contributed by atoms with Crippen LogP contribution < -0.4 is 5.73 Å². The van der Waals surface area contributed by atoms with Crippen LogP contribution in [0.2, 0.25) is 5.02 Å². The number of hydrogen-bond acceptors (Lipinski definition) is 1. The Morgan fingerprint density at radius 3 is 2.32 bits per heavy atom. The lowest BCUT2D eigenvalue weighted by Crippen LogP contribution is -2.15. The summed E-state index contributed by atoms with van der Waals surface area (Å²) in [7, 11) is 0. The highest BCUT2D eigenvalue weighted by Gasteiger charge is 2.15. The van der Waals surface area contributed by atoms with Crippen LogP contribution in [0.25, 0.3) is 0 Å². The van der Waals surface area contributed by atoms with E-state index < -0.39 is 6.04 Å². The molecule has 3 heteroatoms. The van der Waals surface area contributed by atoms with Crippen molar-refractivity contribution in [2.75, 3.05) is 0 Å². The molecule has 0 saturated heterocycles. The Bertz CT molecular complexity index is 531. The highest BCUT2D eigenvalue weighted by atomic mass is 35.5. The van der Waals surface area contributed by atoms with Crippen LogP contribution >= 0.6 is 11.6 Å². The fraction of sp³-hybridized carbons (Fsp3) is 0.250. The lowest BCUT2D eigenvalue weighted by molar-refractivity contribution is 0.580. The van der Waals surface area contributed by atoms with Gasteiger partial charge in [-0.05, 0) is 36.1 Å². The number of rotatable bonds is 4. The Kier molecular flexibility index (Phi) is 4.56. The first-order valence-electron chi connectivity index (χ1n) is 6.39. The topological polar surface area (TPSA) is 26.0 Å². The smallest absolute Gasteiger partial charge is 0.129 e. The number of hydrogen-bond donors (Lipinski definition) is 1. The third-order valence-electron chi connectivity index (χ3n) is 3.26. The summed E-state index contributed by atoms with van der Waals surface area (Å²) in [6, 6.07) is 12.4. The van der Waals surface area contributed by atoms with Gasteiger partial charge in [-0.15, -0.1) is 0 Å². The van der Waals surface area contributed by atoms with Crippen LogP contribution in [0.4, 0.5) is 4.39 Å². The van der Waals surface area contributed by atoms with Gasteiger partial charge in [-0.3, -0.25) is 0 Å². The molecule has 2 rings (SSSR count). The van der Waals surface area contributed by atoms with Crippen molar-refractivity contribution in [1.29, 1.82) is 0 Å².